The van der Waals surface area contributed by atoms with Crippen LogP contribution in [0.25, 0.3) is 0 Å². The van der Waals surface area contributed by atoms with Crippen LogP contribution < -0.4 is 11.1 Å². The molecular formula is C8H13N5O2S. The summed E-state index contributed by atoms with van der Waals surface area (Å²) in [4.78, 5) is 21.7. The summed E-state index contributed by atoms with van der Waals surface area (Å²) >= 11 is 1.26. The van der Waals surface area contributed by atoms with E-state index in [-0.39, 0.29) is 18.2 Å². The smallest absolute Gasteiger partial charge is 0.236 e. The van der Waals surface area contributed by atoms with Crippen LogP contribution >= 0.6 is 11.8 Å². The average molecular weight is 243 g/mol. The maximum absolute atomic E-state index is 11.2. The highest BCUT2D eigenvalue weighted by Gasteiger charge is 2.07. The third-order valence-electron chi connectivity index (χ3n) is 1.71. The van der Waals surface area contributed by atoms with Crippen LogP contribution in [0.5, 0.6) is 0 Å². The van der Waals surface area contributed by atoms with E-state index in [0.29, 0.717) is 5.16 Å². The molecule has 1 rings (SSSR count). The Labute approximate surface area is 96.8 Å². The molecule has 0 saturated heterocycles. The van der Waals surface area contributed by atoms with Gasteiger partial charge in [-0.15, -0.1) is 10.2 Å². The van der Waals surface area contributed by atoms with E-state index in [2.05, 4.69) is 15.5 Å². The van der Waals surface area contributed by atoms with Crippen LogP contribution in [0.3, 0.4) is 0 Å². The van der Waals surface area contributed by atoms with Crippen LogP contribution in [0, 0.1) is 0 Å². The standard InChI is InChI=1S/C8H13N5O2S/c1-2-13-5-11-12-8(13)16-4-7(15)10-3-6(9)14/h5H,2-4H2,1H3,(H2,9,14)(H,10,15). The molecule has 8 heteroatoms. The number of aryl methyl sites for hydroxylation is 1. The van der Waals surface area contributed by atoms with Crippen LogP contribution in [0.15, 0.2) is 11.5 Å². The van der Waals surface area contributed by atoms with Gasteiger partial charge in [0.1, 0.15) is 6.33 Å². The predicted octanol–water partition coefficient (Wildman–Crippen LogP) is -1.01. The molecule has 0 atom stereocenters. The van der Waals surface area contributed by atoms with Gasteiger partial charge in [-0.3, -0.25) is 9.59 Å². The number of nitrogens with one attached hydrogen (secondary N) is 1. The maximum atomic E-state index is 11.2. The summed E-state index contributed by atoms with van der Waals surface area (Å²) in [6.45, 7) is 2.57. The highest BCUT2D eigenvalue weighted by molar-refractivity contribution is 7.99. The summed E-state index contributed by atoms with van der Waals surface area (Å²) < 4.78 is 1.83. The lowest BCUT2D eigenvalue weighted by Gasteiger charge is -2.03. The number of amides is 2. The first-order valence-electron chi connectivity index (χ1n) is 4.69. The summed E-state index contributed by atoms with van der Waals surface area (Å²) in [6, 6.07) is 0. The molecule has 88 valence electrons. The number of thioether (sulfide) groups is 1. The molecule has 1 aromatic rings. The molecule has 0 radical (unpaired) electrons. The number of hydrogen-bond acceptors (Lipinski definition) is 5. The van der Waals surface area contributed by atoms with Gasteiger partial charge in [0, 0.05) is 6.54 Å². The second-order valence-corrected chi connectivity index (χ2v) is 3.87. The molecule has 0 saturated carbocycles. The molecule has 0 fully saturated rings. The van der Waals surface area contributed by atoms with Gasteiger partial charge >= 0.3 is 0 Å². The molecule has 1 aromatic heterocycles. The predicted molar refractivity (Wildman–Crippen MR) is 58.6 cm³/mol. The van der Waals surface area contributed by atoms with E-state index in [4.69, 9.17) is 5.73 Å². The Morgan fingerprint density at radius 1 is 1.62 bits per heavy atom. The van der Waals surface area contributed by atoms with Crippen molar-refractivity contribution in [3.05, 3.63) is 6.33 Å². The third kappa shape index (κ3) is 3.89. The molecule has 0 unspecified atom stereocenters. The van der Waals surface area contributed by atoms with Crippen molar-refractivity contribution < 1.29 is 9.59 Å². The molecule has 3 N–H and O–H groups in total. The molecule has 7 nitrogen and oxygen atoms in total. The fourth-order valence-electron chi connectivity index (χ4n) is 0.940. The monoisotopic (exact) mass is 243 g/mol. The minimum absolute atomic E-state index is 0.139. The first-order chi connectivity index (χ1) is 7.63. The van der Waals surface area contributed by atoms with Gasteiger partial charge in [0.25, 0.3) is 0 Å². The van der Waals surface area contributed by atoms with Gasteiger partial charge < -0.3 is 15.6 Å². The molecule has 1 heterocycles. The Morgan fingerprint density at radius 2 is 2.38 bits per heavy atom. The lowest BCUT2D eigenvalue weighted by atomic mass is 10.6. The van der Waals surface area contributed by atoms with Gasteiger partial charge in [-0.1, -0.05) is 11.8 Å². The van der Waals surface area contributed by atoms with Crippen molar-refractivity contribution in [1.29, 1.82) is 0 Å². The minimum atomic E-state index is -0.560. The topological polar surface area (TPSA) is 103 Å². The largest absolute Gasteiger partial charge is 0.368 e. The molecule has 0 spiro atoms. The number of aromatic nitrogens is 3. The maximum Gasteiger partial charge on any atom is 0.236 e. The van der Waals surface area contributed by atoms with E-state index < -0.39 is 5.91 Å². The van der Waals surface area contributed by atoms with Crippen molar-refractivity contribution in [3.63, 3.8) is 0 Å². The van der Waals surface area contributed by atoms with E-state index in [1.54, 1.807) is 6.33 Å². The summed E-state index contributed by atoms with van der Waals surface area (Å²) in [7, 11) is 0. The SMILES string of the molecule is CCn1cnnc1SCC(=O)NCC(N)=O. The third-order valence-corrected chi connectivity index (χ3v) is 2.69. The number of nitrogens with zero attached hydrogens (tertiary/aromatic N) is 3. The van der Waals surface area contributed by atoms with E-state index >= 15 is 0 Å². The number of carbonyl (C=O) groups is 2. The molecule has 16 heavy (non-hydrogen) atoms. The zero-order valence-corrected chi connectivity index (χ0v) is 9.66. The highest BCUT2D eigenvalue weighted by Crippen LogP contribution is 2.13. The summed E-state index contributed by atoms with van der Waals surface area (Å²) in [6.07, 6.45) is 1.60. The van der Waals surface area contributed by atoms with Crippen molar-refractivity contribution in [1.82, 2.24) is 20.1 Å². The van der Waals surface area contributed by atoms with Crippen LogP contribution in [-0.2, 0) is 16.1 Å². The Balaban J connectivity index is 2.34. The molecule has 0 bridgehead atoms. The number of carbonyl (C=O) groups excluding carboxylic acids is 2. The van der Waals surface area contributed by atoms with Crippen molar-refractivity contribution in [2.24, 2.45) is 5.73 Å². The second-order valence-electron chi connectivity index (χ2n) is 2.93. The zero-order valence-electron chi connectivity index (χ0n) is 8.84. The summed E-state index contributed by atoms with van der Waals surface area (Å²) in [5, 5.41) is 10.7. The molecule has 0 aliphatic carbocycles. The van der Waals surface area contributed by atoms with Gasteiger partial charge in [-0.25, -0.2) is 0 Å². The lowest BCUT2D eigenvalue weighted by Crippen LogP contribution is -2.34. The van der Waals surface area contributed by atoms with Crippen molar-refractivity contribution in [2.75, 3.05) is 12.3 Å². The number of primary amides is 1. The van der Waals surface area contributed by atoms with Crippen LogP contribution in [0.1, 0.15) is 6.92 Å². The molecule has 0 aliphatic heterocycles. The Kier molecular flexibility index (Phi) is 4.77. The first kappa shape index (κ1) is 12.5. The fraction of sp³-hybridized carbons (Fsp3) is 0.500. The molecule has 0 aliphatic rings. The lowest BCUT2D eigenvalue weighted by molar-refractivity contribution is -0.123. The zero-order chi connectivity index (χ0) is 12.0. The Hall–Kier alpha value is -1.57. The second kappa shape index (κ2) is 6.11. The van der Waals surface area contributed by atoms with Crippen LogP contribution in [0.2, 0.25) is 0 Å². The van der Waals surface area contributed by atoms with E-state index in [1.807, 2.05) is 11.5 Å². The van der Waals surface area contributed by atoms with Crippen molar-refractivity contribution in [3.8, 4) is 0 Å². The fourth-order valence-corrected chi connectivity index (χ4v) is 1.75. The normalized spacial score (nSPS) is 10.1. The van der Waals surface area contributed by atoms with E-state index in [9.17, 15) is 9.59 Å². The molecule has 0 aromatic carbocycles. The average Bonchev–Trinajstić information content (AvgIpc) is 2.70. The van der Waals surface area contributed by atoms with Gasteiger partial charge in [0.2, 0.25) is 11.8 Å². The van der Waals surface area contributed by atoms with Gasteiger partial charge in [-0.2, -0.15) is 0 Å². The van der Waals surface area contributed by atoms with Crippen molar-refractivity contribution in [2.45, 2.75) is 18.6 Å². The Bertz CT molecular complexity index is 378. The first-order valence-corrected chi connectivity index (χ1v) is 5.67. The number of nitrogens with two attached hydrogens (primary N) is 1. The highest BCUT2D eigenvalue weighted by atomic mass is 32.2. The Morgan fingerprint density at radius 3 is 3.00 bits per heavy atom. The van der Waals surface area contributed by atoms with Crippen LogP contribution in [-0.4, -0.2) is 38.9 Å². The quantitative estimate of drug-likeness (QED) is 0.623. The molecule has 2 amide bonds. The summed E-state index contributed by atoms with van der Waals surface area (Å²) in [5.74, 6) is -0.629. The van der Waals surface area contributed by atoms with Crippen LogP contribution in [0.4, 0.5) is 0 Å². The molecular weight excluding hydrogens is 230 g/mol. The minimum Gasteiger partial charge on any atom is -0.368 e. The number of hydrogen-bond donors (Lipinski definition) is 2. The van der Waals surface area contributed by atoms with E-state index in [1.165, 1.54) is 11.8 Å². The van der Waals surface area contributed by atoms with Gasteiger partial charge in [-0.05, 0) is 6.92 Å². The number of rotatable bonds is 6. The summed E-state index contributed by atoms with van der Waals surface area (Å²) in [5.41, 5.74) is 4.89. The van der Waals surface area contributed by atoms with E-state index in [0.717, 1.165) is 6.54 Å². The van der Waals surface area contributed by atoms with Gasteiger partial charge in [0.15, 0.2) is 5.16 Å². The van der Waals surface area contributed by atoms with Crippen molar-refractivity contribution >= 4 is 23.6 Å². The van der Waals surface area contributed by atoms with Gasteiger partial charge in [0.05, 0.1) is 12.3 Å².